The molecule has 1 rings (SSSR count). The van der Waals surface area contributed by atoms with Gasteiger partial charge in [0, 0.05) is 26.1 Å². The summed E-state index contributed by atoms with van der Waals surface area (Å²) < 4.78 is 0. The van der Waals surface area contributed by atoms with Crippen molar-refractivity contribution >= 4 is 11.8 Å². The number of likely N-dealkylation sites (tertiary alicyclic amines) is 1. The molecule has 0 aromatic carbocycles. The highest BCUT2D eigenvalue weighted by Gasteiger charge is 2.16. The number of piperidine rings is 1. The molecule has 1 aliphatic heterocycles. The van der Waals surface area contributed by atoms with Crippen LogP contribution in [0.3, 0.4) is 0 Å². The molecule has 0 bridgehead atoms. The van der Waals surface area contributed by atoms with E-state index in [9.17, 15) is 9.59 Å². The zero-order valence-corrected chi connectivity index (χ0v) is 10.6. The minimum absolute atomic E-state index is 0.0431. The predicted octanol–water partition coefficient (Wildman–Crippen LogP) is 0.115. The summed E-state index contributed by atoms with van der Waals surface area (Å²) in [6.07, 6.45) is 3.81. The highest BCUT2D eigenvalue weighted by Crippen LogP contribution is 2.08. The lowest BCUT2D eigenvalue weighted by molar-refractivity contribution is -0.133. The van der Waals surface area contributed by atoms with E-state index in [-0.39, 0.29) is 18.4 Å². The Morgan fingerprint density at radius 1 is 1.18 bits per heavy atom. The van der Waals surface area contributed by atoms with E-state index in [2.05, 4.69) is 10.6 Å². The summed E-state index contributed by atoms with van der Waals surface area (Å²) in [5.41, 5.74) is 0. The first-order chi connectivity index (χ1) is 8.24. The fourth-order valence-corrected chi connectivity index (χ4v) is 1.90. The topological polar surface area (TPSA) is 61.4 Å². The van der Waals surface area contributed by atoms with Crippen molar-refractivity contribution in [2.45, 2.75) is 32.6 Å². The van der Waals surface area contributed by atoms with E-state index in [0.29, 0.717) is 13.0 Å². The van der Waals surface area contributed by atoms with E-state index >= 15 is 0 Å². The lowest BCUT2D eigenvalue weighted by Crippen LogP contribution is -2.42. The minimum atomic E-state index is -0.0590. The summed E-state index contributed by atoms with van der Waals surface area (Å²) >= 11 is 0. The molecule has 98 valence electrons. The molecule has 0 spiro atoms. The molecule has 5 nitrogen and oxygen atoms in total. The van der Waals surface area contributed by atoms with Crippen LogP contribution in [0.5, 0.6) is 0 Å². The van der Waals surface area contributed by atoms with E-state index in [0.717, 1.165) is 32.5 Å². The van der Waals surface area contributed by atoms with Crippen molar-refractivity contribution in [3.05, 3.63) is 0 Å². The van der Waals surface area contributed by atoms with Gasteiger partial charge in [-0.2, -0.15) is 0 Å². The Morgan fingerprint density at radius 2 is 1.88 bits per heavy atom. The van der Waals surface area contributed by atoms with Crippen LogP contribution in [0.1, 0.15) is 32.6 Å². The highest BCUT2D eigenvalue weighted by molar-refractivity contribution is 5.84. The van der Waals surface area contributed by atoms with E-state index in [1.54, 1.807) is 0 Å². The molecule has 1 heterocycles. The van der Waals surface area contributed by atoms with Gasteiger partial charge in [-0.3, -0.25) is 9.59 Å². The van der Waals surface area contributed by atoms with Crippen molar-refractivity contribution in [1.82, 2.24) is 15.5 Å². The van der Waals surface area contributed by atoms with E-state index in [4.69, 9.17) is 0 Å². The molecule has 5 heteroatoms. The number of hydrogen-bond donors (Lipinski definition) is 2. The van der Waals surface area contributed by atoms with Crippen molar-refractivity contribution in [2.75, 3.05) is 32.7 Å². The van der Waals surface area contributed by atoms with Gasteiger partial charge in [0.05, 0.1) is 6.54 Å². The van der Waals surface area contributed by atoms with Crippen LogP contribution in [0.2, 0.25) is 0 Å². The molecule has 0 saturated carbocycles. The van der Waals surface area contributed by atoms with Crippen LogP contribution in [0.4, 0.5) is 0 Å². The predicted molar refractivity (Wildman–Crippen MR) is 66.6 cm³/mol. The lowest BCUT2D eigenvalue weighted by atomic mass is 10.1. The standard InChI is InChI=1S/C12H23N3O2/c1-2-13-7-6-11(16)14-10-12(17)15-8-4-3-5-9-15/h13H,2-10H2,1H3,(H,14,16). The quantitative estimate of drug-likeness (QED) is 0.649. The second-order valence-electron chi connectivity index (χ2n) is 4.32. The van der Waals surface area contributed by atoms with Crippen LogP contribution >= 0.6 is 0 Å². The molecule has 0 atom stereocenters. The average Bonchev–Trinajstić information content (AvgIpc) is 2.37. The maximum Gasteiger partial charge on any atom is 0.241 e. The van der Waals surface area contributed by atoms with Gasteiger partial charge in [-0.05, 0) is 25.8 Å². The van der Waals surface area contributed by atoms with Gasteiger partial charge in [-0.1, -0.05) is 6.92 Å². The van der Waals surface area contributed by atoms with Crippen molar-refractivity contribution in [3.63, 3.8) is 0 Å². The summed E-state index contributed by atoms with van der Waals surface area (Å²) in [6.45, 7) is 5.35. The molecule has 1 fully saturated rings. The second kappa shape index (κ2) is 8.06. The molecule has 0 unspecified atom stereocenters. The third kappa shape index (κ3) is 5.68. The molecule has 2 N–H and O–H groups in total. The number of hydrogen-bond acceptors (Lipinski definition) is 3. The van der Waals surface area contributed by atoms with Crippen molar-refractivity contribution in [3.8, 4) is 0 Å². The van der Waals surface area contributed by atoms with Crippen LogP contribution in [0.25, 0.3) is 0 Å². The number of carbonyl (C=O) groups is 2. The largest absolute Gasteiger partial charge is 0.347 e. The van der Waals surface area contributed by atoms with Gasteiger partial charge in [-0.15, -0.1) is 0 Å². The van der Waals surface area contributed by atoms with Crippen LogP contribution < -0.4 is 10.6 Å². The van der Waals surface area contributed by atoms with E-state index in [1.807, 2.05) is 11.8 Å². The molecule has 1 saturated heterocycles. The molecule has 1 aliphatic rings. The number of rotatable bonds is 6. The molecular formula is C12H23N3O2. The summed E-state index contributed by atoms with van der Waals surface area (Å²) in [6, 6.07) is 0. The summed E-state index contributed by atoms with van der Waals surface area (Å²) in [5, 5.41) is 5.74. The number of carbonyl (C=O) groups excluding carboxylic acids is 2. The number of nitrogens with one attached hydrogen (secondary N) is 2. The van der Waals surface area contributed by atoms with Gasteiger partial charge in [0.2, 0.25) is 11.8 Å². The minimum Gasteiger partial charge on any atom is -0.347 e. The average molecular weight is 241 g/mol. The van der Waals surface area contributed by atoms with Gasteiger partial charge >= 0.3 is 0 Å². The van der Waals surface area contributed by atoms with Gasteiger partial charge in [0.25, 0.3) is 0 Å². The third-order valence-electron chi connectivity index (χ3n) is 2.92. The smallest absolute Gasteiger partial charge is 0.241 e. The monoisotopic (exact) mass is 241 g/mol. The third-order valence-corrected chi connectivity index (χ3v) is 2.92. The summed E-state index contributed by atoms with van der Waals surface area (Å²) in [4.78, 5) is 25.0. The first-order valence-corrected chi connectivity index (χ1v) is 6.49. The number of nitrogens with zero attached hydrogens (tertiary/aromatic N) is 1. The highest BCUT2D eigenvalue weighted by atomic mass is 16.2. The van der Waals surface area contributed by atoms with Crippen molar-refractivity contribution < 1.29 is 9.59 Å². The number of amides is 2. The molecule has 2 amide bonds. The zero-order valence-electron chi connectivity index (χ0n) is 10.6. The molecular weight excluding hydrogens is 218 g/mol. The second-order valence-corrected chi connectivity index (χ2v) is 4.32. The Balaban J connectivity index is 2.11. The Kier molecular flexibility index (Phi) is 6.62. The van der Waals surface area contributed by atoms with Gasteiger partial charge in [-0.25, -0.2) is 0 Å². The fourth-order valence-electron chi connectivity index (χ4n) is 1.90. The van der Waals surface area contributed by atoms with Crippen LogP contribution in [0, 0.1) is 0 Å². The lowest BCUT2D eigenvalue weighted by Gasteiger charge is -2.26. The molecule has 0 aromatic rings. The molecule has 0 aliphatic carbocycles. The Hall–Kier alpha value is -1.10. The maximum absolute atomic E-state index is 11.7. The molecule has 17 heavy (non-hydrogen) atoms. The van der Waals surface area contributed by atoms with E-state index < -0.39 is 0 Å². The first kappa shape index (κ1) is 14.0. The maximum atomic E-state index is 11.7. The van der Waals surface area contributed by atoms with Crippen LogP contribution in [-0.2, 0) is 9.59 Å². The van der Waals surface area contributed by atoms with Gasteiger partial charge < -0.3 is 15.5 Å². The van der Waals surface area contributed by atoms with Crippen molar-refractivity contribution in [1.29, 1.82) is 0 Å². The van der Waals surface area contributed by atoms with Crippen LogP contribution in [-0.4, -0.2) is 49.4 Å². The molecule has 0 aromatic heterocycles. The fraction of sp³-hybridized carbons (Fsp3) is 0.833. The van der Waals surface area contributed by atoms with Crippen molar-refractivity contribution in [2.24, 2.45) is 0 Å². The normalized spacial score (nSPS) is 15.7. The van der Waals surface area contributed by atoms with Gasteiger partial charge in [0.1, 0.15) is 0 Å². The first-order valence-electron chi connectivity index (χ1n) is 6.49. The van der Waals surface area contributed by atoms with E-state index in [1.165, 1.54) is 6.42 Å². The molecule has 0 radical (unpaired) electrons. The Labute approximate surface area is 103 Å². The Morgan fingerprint density at radius 3 is 2.53 bits per heavy atom. The SMILES string of the molecule is CCNCCC(=O)NCC(=O)N1CCCCC1. The van der Waals surface area contributed by atoms with Crippen LogP contribution in [0.15, 0.2) is 0 Å². The Bertz CT molecular complexity index is 250. The summed E-state index contributed by atoms with van der Waals surface area (Å²) in [5.74, 6) is -0.0159. The summed E-state index contributed by atoms with van der Waals surface area (Å²) in [7, 11) is 0. The zero-order chi connectivity index (χ0) is 12.5. The van der Waals surface area contributed by atoms with Gasteiger partial charge in [0.15, 0.2) is 0 Å².